The van der Waals surface area contributed by atoms with Gasteiger partial charge < -0.3 is 5.32 Å². The summed E-state index contributed by atoms with van der Waals surface area (Å²) in [5, 5.41) is 16.4. The van der Waals surface area contributed by atoms with Crippen LogP contribution in [0.15, 0.2) is 0 Å². The number of anilines is 1. The van der Waals surface area contributed by atoms with Crippen molar-refractivity contribution in [3.63, 3.8) is 0 Å². The molecule has 1 saturated carbocycles. The fourth-order valence-corrected chi connectivity index (χ4v) is 4.59. The van der Waals surface area contributed by atoms with Crippen LogP contribution in [0.1, 0.15) is 44.5 Å². The molecule has 1 aromatic rings. The minimum Gasteiger partial charge on any atom is -0.315 e. The quantitative estimate of drug-likeness (QED) is 0.896. The van der Waals surface area contributed by atoms with Crippen LogP contribution in [0.25, 0.3) is 0 Å². The van der Waals surface area contributed by atoms with Crippen LogP contribution in [-0.4, -0.2) is 29.2 Å². The molecule has 1 saturated heterocycles. The third-order valence-electron chi connectivity index (χ3n) is 4.76. The maximum atomic E-state index is 12.8. The number of nitrogens with one attached hydrogen (secondary N) is 2. The number of nitrogens with zero attached hydrogens (tertiary/aromatic N) is 2. The van der Waals surface area contributed by atoms with Gasteiger partial charge in [-0.2, -0.15) is 0 Å². The molecule has 3 rings (SSSR count). The molecule has 2 N–H and O–H groups in total. The Kier molecular flexibility index (Phi) is 4.26. The molecule has 1 aromatic heterocycles. The molecule has 2 aliphatic rings. The molecule has 0 spiro atoms. The lowest BCUT2D eigenvalue weighted by molar-refractivity contribution is -0.128. The molecule has 21 heavy (non-hydrogen) atoms. The van der Waals surface area contributed by atoms with E-state index in [1.54, 1.807) is 0 Å². The fourth-order valence-electron chi connectivity index (χ4n) is 3.65. The largest absolute Gasteiger partial charge is 0.315 e. The SMILES string of the molecule is CC(C)Cc1nnc(NC(=O)[C@@]23CCCC[C@H]2CNC3)s1. The smallest absolute Gasteiger partial charge is 0.234 e. The van der Waals surface area contributed by atoms with Gasteiger partial charge in [0, 0.05) is 13.0 Å². The van der Waals surface area contributed by atoms with Crippen LogP contribution in [0, 0.1) is 17.3 Å². The van der Waals surface area contributed by atoms with Gasteiger partial charge >= 0.3 is 0 Å². The van der Waals surface area contributed by atoms with Gasteiger partial charge in [-0.05, 0) is 31.2 Å². The van der Waals surface area contributed by atoms with E-state index in [2.05, 4.69) is 34.7 Å². The van der Waals surface area contributed by atoms with Crippen LogP contribution in [0.2, 0.25) is 0 Å². The zero-order chi connectivity index (χ0) is 14.9. The number of hydrogen-bond acceptors (Lipinski definition) is 5. The summed E-state index contributed by atoms with van der Waals surface area (Å²) in [5.74, 6) is 1.18. The van der Waals surface area contributed by atoms with Crippen molar-refractivity contribution in [2.24, 2.45) is 17.3 Å². The summed E-state index contributed by atoms with van der Waals surface area (Å²) < 4.78 is 0. The minimum atomic E-state index is -0.220. The van der Waals surface area contributed by atoms with Crippen molar-refractivity contribution >= 4 is 22.4 Å². The lowest BCUT2D eigenvalue weighted by Gasteiger charge is -2.36. The Balaban J connectivity index is 1.69. The fraction of sp³-hybridized carbons (Fsp3) is 0.800. The molecule has 1 amide bonds. The van der Waals surface area contributed by atoms with Crippen molar-refractivity contribution in [1.82, 2.24) is 15.5 Å². The molecule has 0 radical (unpaired) electrons. The number of fused-ring (bicyclic) bond motifs is 1. The molecular formula is C15H24N4OS. The molecule has 2 fully saturated rings. The van der Waals surface area contributed by atoms with E-state index in [9.17, 15) is 4.79 Å². The first kappa shape index (κ1) is 14.9. The van der Waals surface area contributed by atoms with Gasteiger partial charge in [-0.25, -0.2) is 0 Å². The van der Waals surface area contributed by atoms with E-state index in [1.807, 2.05) is 0 Å². The number of carbonyl (C=O) groups is 1. The predicted molar refractivity (Wildman–Crippen MR) is 84.3 cm³/mol. The molecule has 2 atom stereocenters. The highest BCUT2D eigenvalue weighted by Gasteiger charge is 2.50. The van der Waals surface area contributed by atoms with Crippen LogP contribution in [0.5, 0.6) is 0 Å². The molecule has 0 unspecified atom stereocenters. The maximum Gasteiger partial charge on any atom is 0.234 e. The van der Waals surface area contributed by atoms with Crippen molar-refractivity contribution in [1.29, 1.82) is 0 Å². The second-order valence-corrected chi connectivity index (χ2v) is 7.84. The molecule has 5 nitrogen and oxygen atoms in total. The molecule has 116 valence electrons. The minimum absolute atomic E-state index is 0.143. The van der Waals surface area contributed by atoms with Crippen molar-refractivity contribution < 1.29 is 4.79 Å². The van der Waals surface area contributed by atoms with Gasteiger partial charge in [0.2, 0.25) is 11.0 Å². The molecule has 6 heteroatoms. The van der Waals surface area contributed by atoms with Gasteiger partial charge in [-0.1, -0.05) is 38.0 Å². The Morgan fingerprint density at radius 2 is 2.33 bits per heavy atom. The Hall–Kier alpha value is -1.01. The summed E-state index contributed by atoms with van der Waals surface area (Å²) in [6.45, 7) is 6.11. The number of hydrogen-bond donors (Lipinski definition) is 2. The predicted octanol–water partition coefficient (Wildman–Crippen LogP) is 2.45. The van der Waals surface area contributed by atoms with Gasteiger partial charge in [-0.15, -0.1) is 10.2 Å². The molecule has 0 aromatic carbocycles. The van der Waals surface area contributed by atoms with E-state index < -0.39 is 0 Å². The van der Waals surface area contributed by atoms with Crippen LogP contribution < -0.4 is 10.6 Å². The van der Waals surface area contributed by atoms with Gasteiger partial charge in [0.05, 0.1) is 5.41 Å². The third kappa shape index (κ3) is 2.97. The van der Waals surface area contributed by atoms with Crippen molar-refractivity contribution in [2.75, 3.05) is 18.4 Å². The van der Waals surface area contributed by atoms with E-state index >= 15 is 0 Å². The number of carbonyl (C=O) groups excluding carboxylic acids is 1. The lowest BCUT2D eigenvalue weighted by atomic mass is 9.68. The maximum absolute atomic E-state index is 12.8. The van der Waals surface area contributed by atoms with Crippen molar-refractivity contribution in [3.8, 4) is 0 Å². The lowest BCUT2D eigenvalue weighted by Crippen LogP contribution is -2.44. The topological polar surface area (TPSA) is 66.9 Å². The first-order valence-electron chi connectivity index (χ1n) is 7.95. The van der Waals surface area contributed by atoms with E-state index in [0.717, 1.165) is 43.8 Å². The average Bonchev–Trinajstić information content (AvgIpc) is 3.05. The molecular weight excluding hydrogens is 284 g/mol. The number of rotatable bonds is 4. The first-order valence-corrected chi connectivity index (χ1v) is 8.76. The normalized spacial score (nSPS) is 28.6. The van der Waals surface area contributed by atoms with Crippen LogP contribution in [0.3, 0.4) is 0 Å². The Bertz CT molecular complexity index is 516. The highest BCUT2D eigenvalue weighted by Crippen LogP contribution is 2.44. The molecule has 1 aliphatic heterocycles. The first-order chi connectivity index (χ1) is 10.1. The zero-order valence-electron chi connectivity index (χ0n) is 12.8. The molecule has 0 bridgehead atoms. The van der Waals surface area contributed by atoms with Gasteiger partial charge in [0.1, 0.15) is 5.01 Å². The van der Waals surface area contributed by atoms with Crippen LogP contribution >= 0.6 is 11.3 Å². The zero-order valence-corrected chi connectivity index (χ0v) is 13.6. The summed E-state index contributed by atoms with van der Waals surface area (Å²) in [6, 6.07) is 0. The highest BCUT2D eigenvalue weighted by atomic mass is 32.1. The Labute approximate surface area is 129 Å². The summed E-state index contributed by atoms with van der Waals surface area (Å²) in [6.07, 6.45) is 5.48. The highest BCUT2D eigenvalue weighted by molar-refractivity contribution is 7.15. The summed E-state index contributed by atoms with van der Waals surface area (Å²) in [4.78, 5) is 12.8. The van der Waals surface area contributed by atoms with E-state index in [-0.39, 0.29) is 11.3 Å². The second kappa shape index (κ2) is 6.01. The van der Waals surface area contributed by atoms with Gasteiger partial charge in [-0.3, -0.25) is 10.1 Å². The number of aromatic nitrogens is 2. The van der Waals surface area contributed by atoms with E-state index in [1.165, 1.54) is 17.8 Å². The summed E-state index contributed by atoms with van der Waals surface area (Å²) in [7, 11) is 0. The number of amides is 1. The molecule has 1 aliphatic carbocycles. The van der Waals surface area contributed by atoms with Gasteiger partial charge in [0.25, 0.3) is 0 Å². The van der Waals surface area contributed by atoms with Crippen molar-refractivity contribution in [3.05, 3.63) is 5.01 Å². The van der Waals surface area contributed by atoms with Crippen LogP contribution in [0.4, 0.5) is 5.13 Å². The Morgan fingerprint density at radius 3 is 3.14 bits per heavy atom. The monoisotopic (exact) mass is 308 g/mol. The Morgan fingerprint density at radius 1 is 1.48 bits per heavy atom. The third-order valence-corrected chi connectivity index (χ3v) is 5.62. The molecule has 2 heterocycles. The standard InChI is InChI=1S/C15H24N4OS/c1-10(2)7-12-18-19-14(21-12)17-13(20)15-6-4-3-5-11(15)8-16-9-15/h10-11,16H,3-9H2,1-2H3,(H,17,19,20)/t11-,15+/m0/s1. The summed E-state index contributed by atoms with van der Waals surface area (Å²) >= 11 is 1.51. The van der Waals surface area contributed by atoms with Crippen molar-refractivity contribution in [2.45, 2.75) is 46.0 Å². The second-order valence-electron chi connectivity index (χ2n) is 6.78. The van der Waals surface area contributed by atoms with E-state index in [4.69, 9.17) is 0 Å². The van der Waals surface area contributed by atoms with Gasteiger partial charge in [0.15, 0.2) is 0 Å². The van der Waals surface area contributed by atoms with Crippen LogP contribution in [-0.2, 0) is 11.2 Å². The average molecular weight is 308 g/mol. The summed E-state index contributed by atoms with van der Waals surface area (Å²) in [5.41, 5.74) is -0.220. The van der Waals surface area contributed by atoms with E-state index in [0.29, 0.717) is 17.0 Å².